The Labute approximate surface area is 90.3 Å². The normalized spacial score (nSPS) is 10.1. The number of nitrogen functional groups attached to an aromatic ring is 1. The van der Waals surface area contributed by atoms with Gasteiger partial charge in [-0.2, -0.15) is 5.26 Å². The molecule has 0 fully saturated rings. The predicted octanol–water partition coefficient (Wildman–Crippen LogP) is 1.63. The van der Waals surface area contributed by atoms with Crippen LogP contribution in [0.5, 0.6) is 0 Å². The van der Waals surface area contributed by atoms with Gasteiger partial charge in [-0.15, -0.1) is 0 Å². The lowest BCUT2D eigenvalue weighted by Crippen LogP contribution is -2.23. The summed E-state index contributed by atoms with van der Waals surface area (Å²) < 4.78 is 0. The third-order valence-electron chi connectivity index (χ3n) is 2.05. The van der Waals surface area contributed by atoms with E-state index >= 15 is 0 Å². The first kappa shape index (κ1) is 11.3. The average molecular weight is 204 g/mol. The molecule has 0 aliphatic carbocycles. The van der Waals surface area contributed by atoms with Crippen molar-refractivity contribution in [2.75, 3.05) is 24.2 Å². The minimum atomic E-state index is 0.295. The number of nitrogens with zero attached hydrogens (tertiary/aromatic N) is 3. The first-order chi connectivity index (χ1) is 7.04. The molecule has 0 bridgehead atoms. The van der Waals surface area contributed by atoms with Crippen LogP contribution < -0.4 is 10.6 Å². The summed E-state index contributed by atoms with van der Waals surface area (Å²) in [4.78, 5) is 6.20. The summed E-state index contributed by atoms with van der Waals surface area (Å²) in [6.07, 6.45) is 0. The lowest BCUT2D eigenvalue weighted by Gasteiger charge is -2.20. The first-order valence-electron chi connectivity index (χ1n) is 4.92. The van der Waals surface area contributed by atoms with E-state index in [1.807, 2.05) is 24.1 Å². The van der Waals surface area contributed by atoms with Crippen molar-refractivity contribution in [2.24, 2.45) is 5.92 Å². The Bertz CT molecular complexity index is 379. The lowest BCUT2D eigenvalue weighted by atomic mass is 10.2. The van der Waals surface area contributed by atoms with Crippen molar-refractivity contribution in [1.82, 2.24) is 4.98 Å². The van der Waals surface area contributed by atoms with Crippen LogP contribution in [0.1, 0.15) is 19.5 Å². The molecule has 0 aromatic carbocycles. The zero-order valence-corrected chi connectivity index (χ0v) is 9.36. The lowest BCUT2D eigenvalue weighted by molar-refractivity contribution is 0.634. The highest BCUT2D eigenvalue weighted by atomic mass is 15.2. The van der Waals surface area contributed by atoms with Gasteiger partial charge in [-0.05, 0) is 18.1 Å². The Morgan fingerprint density at radius 3 is 2.73 bits per heavy atom. The van der Waals surface area contributed by atoms with Crippen molar-refractivity contribution in [3.05, 3.63) is 17.8 Å². The van der Waals surface area contributed by atoms with Crippen LogP contribution in [0.3, 0.4) is 0 Å². The van der Waals surface area contributed by atoms with Gasteiger partial charge in [-0.25, -0.2) is 4.98 Å². The minimum absolute atomic E-state index is 0.295. The minimum Gasteiger partial charge on any atom is -0.396 e. The monoisotopic (exact) mass is 204 g/mol. The molecule has 1 aromatic heterocycles. The van der Waals surface area contributed by atoms with Crippen molar-refractivity contribution >= 4 is 11.5 Å². The molecule has 15 heavy (non-hydrogen) atoms. The van der Waals surface area contributed by atoms with Gasteiger partial charge in [-0.1, -0.05) is 13.8 Å². The Morgan fingerprint density at radius 2 is 2.20 bits per heavy atom. The van der Waals surface area contributed by atoms with E-state index in [0.29, 0.717) is 17.3 Å². The maximum absolute atomic E-state index is 8.80. The number of nitriles is 1. The molecule has 80 valence electrons. The van der Waals surface area contributed by atoms with Crippen LogP contribution in [0.15, 0.2) is 12.1 Å². The zero-order chi connectivity index (χ0) is 11.4. The second-order valence-corrected chi connectivity index (χ2v) is 3.99. The number of nitrogens with two attached hydrogens (primary N) is 1. The number of hydrogen-bond donors (Lipinski definition) is 1. The molecular formula is C11H16N4. The molecule has 0 saturated carbocycles. The van der Waals surface area contributed by atoms with E-state index in [0.717, 1.165) is 12.4 Å². The van der Waals surface area contributed by atoms with E-state index in [-0.39, 0.29) is 0 Å². The number of aromatic nitrogens is 1. The summed E-state index contributed by atoms with van der Waals surface area (Å²) in [5, 5.41) is 8.80. The molecule has 0 atom stereocenters. The standard InChI is InChI=1S/C11H16N4/c1-8(2)7-15(3)11-5-4-9(13)10(6-12)14-11/h4-5,8H,7,13H2,1-3H3. The summed E-state index contributed by atoms with van der Waals surface area (Å²) in [5.41, 5.74) is 6.32. The van der Waals surface area contributed by atoms with Crippen LogP contribution in [0.2, 0.25) is 0 Å². The van der Waals surface area contributed by atoms with Crippen LogP contribution in [-0.4, -0.2) is 18.6 Å². The van der Waals surface area contributed by atoms with Gasteiger partial charge in [0.05, 0.1) is 5.69 Å². The Morgan fingerprint density at radius 1 is 1.53 bits per heavy atom. The molecule has 0 aliphatic rings. The van der Waals surface area contributed by atoms with Gasteiger partial charge in [-0.3, -0.25) is 0 Å². The van der Waals surface area contributed by atoms with E-state index in [4.69, 9.17) is 11.0 Å². The molecule has 0 amide bonds. The smallest absolute Gasteiger partial charge is 0.165 e. The SMILES string of the molecule is CC(C)CN(C)c1ccc(N)c(C#N)n1. The molecule has 1 rings (SSSR count). The summed E-state index contributed by atoms with van der Waals surface area (Å²) >= 11 is 0. The van der Waals surface area contributed by atoms with Gasteiger partial charge < -0.3 is 10.6 Å². The Hall–Kier alpha value is -1.76. The van der Waals surface area contributed by atoms with Gasteiger partial charge in [0.15, 0.2) is 5.69 Å². The van der Waals surface area contributed by atoms with E-state index in [9.17, 15) is 0 Å². The molecule has 2 N–H and O–H groups in total. The van der Waals surface area contributed by atoms with Gasteiger partial charge >= 0.3 is 0 Å². The molecular weight excluding hydrogens is 188 g/mol. The zero-order valence-electron chi connectivity index (χ0n) is 9.36. The highest BCUT2D eigenvalue weighted by Gasteiger charge is 2.07. The van der Waals surface area contributed by atoms with E-state index in [2.05, 4.69) is 18.8 Å². The van der Waals surface area contributed by atoms with Crippen LogP contribution in [0, 0.1) is 17.2 Å². The number of anilines is 2. The fraction of sp³-hybridized carbons (Fsp3) is 0.455. The van der Waals surface area contributed by atoms with Crippen molar-refractivity contribution in [3.63, 3.8) is 0 Å². The fourth-order valence-corrected chi connectivity index (χ4v) is 1.40. The number of hydrogen-bond acceptors (Lipinski definition) is 4. The predicted molar refractivity (Wildman–Crippen MR) is 61.5 cm³/mol. The van der Waals surface area contributed by atoms with Crippen LogP contribution in [0.25, 0.3) is 0 Å². The molecule has 4 nitrogen and oxygen atoms in total. The van der Waals surface area contributed by atoms with Crippen LogP contribution in [-0.2, 0) is 0 Å². The highest BCUT2D eigenvalue weighted by molar-refractivity contribution is 5.55. The number of rotatable bonds is 3. The third kappa shape index (κ3) is 2.84. The highest BCUT2D eigenvalue weighted by Crippen LogP contribution is 2.15. The van der Waals surface area contributed by atoms with Gasteiger partial charge in [0.25, 0.3) is 0 Å². The molecule has 1 aromatic rings. The molecule has 0 unspecified atom stereocenters. The third-order valence-corrected chi connectivity index (χ3v) is 2.05. The summed E-state index contributed by atoms with van der Waals surface area (Å²) in [6.45, 7) is 5.18. The van der Waals surface area contributed by atoms with Gasteiger partial charge in [0.1, 0.15) is 11.9 Å². The fourth-order valence-electron chi connectivity index (χ4n) is 1.40. The first-order valence-corrected chi connectivity index (χ1v) is 4.92. The van der Waals surface area contributed by atoms with Crippen molar-refractivity contribution in [2.45, 2.75) is 13.8 Å². The molecule has 1 heterocycles. The summed E-state index contributed by atoms with van der Waals surface area (Å²) in [5.74, 6) is 1.34. The summed E-state index contributed by atoms with van der Waals surface area (Å²) in [6, 6.07) is 5.53. The second kappa shape index (κ2) is 4.65. The quantitative estimate of drug-likeness (QED) is 0.812. The van der Waals surface area contributed by atoms with E-state index in [1.165, 1.54) is 0 Å². The molecule has 0 saturated heterocycles. The Kier molecular flexibility index (Phi) is 3.51. The van der Waals surface area contributed by atoms with Crippen LogP contribution in [0.4, 0.5) is 11.5 Å². The Balaban J connectivity index is 2.92. The topological polar surface area (TPSA) is 65.9 Å². The maximum Gasteiger partial charge on any atom is 0.165 e. The summed E-state index contributed by atoms with van der Waals surface area (Å²) in [7, 11) is 1.96. The number of pyridine rings is 1. The largest absolute Gasteiger partial charge is 0.396 e. The van der Waals surface area contributed by atoms with Gasteiger partial charge in [0.2, 0.25) is 0 Å². The van der Waals surface area contributed by atoms with Crippen molar-refractivity contribution in [3.8, 4) is 6.07 Å². The van der Waals surface area contributed by atoms with Crippen molar-refractivity contribution < 1.29 is 0 Å². The molecule has 0 spiro atoms. The van der Waals surface area contributed by atoms with E-state index < -0.39 is 0 Å². The van der Waals surface area contributed by atoms with Crippen LogP contribution >= 0.6 is 0 Å². The van der Waals surface area contributed by atoms with Gasteiger partial charge in [0, 0.05) is 13.6 Å². The molecule has 4 heteroatoms. The second-order valence-electron chi connectivity index (χ2n) is 3.99. The van der Waals surface area contributed by atoms with Crippen molar-refractivity contribution in [1.29, 1.82) is 5.26 Å². The molecule has 0 radical (unpaired) electrons. The average Bonchev–Trinajstić information content (AvgIpc) is 2.17. The van der Waals surface area contributed by atoms with E-state index in [1.54, 1.807) is 6.07 Å². The molecule has 0 aliphatic heterocycles. The maximum atomic E-state index is 8.80.